The standard InChI is InChI=1S/C15H15NO2S2/c1-10-8-11(6-7-13(10)16)19-14-9-20(17,18)15-5-3-2-4-12(14)15/h2-8,14H,9,16H2,1H3. The van der Waals surface area contributed by atoms with Gasteiger partial charge in [0.1, 0.15) is 0 Å². The number of nitrogens with two attached hydrogens (primary N) is 1. The van der Waals surface area contributed by atoms with E-state index in [-0.39, 0.29) is 11.0 Å². The van der Waals surface area contributed by atoms with E-state index in [0.29, 0.717) is 4.90 Å². The zero-order chi connectivity index (χ0) is 14.3. The topological polar surface area (TPSA) is 60.2 Å². The van der Waals surface area contributed by atoms with Gasteiger partial charge in [0.15, 0.2) is 9.84 Å². The first kappa shape index (κ1) is 13.5. The Bertz CT molecular complexity index is 769. The van der Waals surface area contributed by atoms with Crippen LogP contribution in [-0.4, -0.2) is 14.2 Å². The van der Waals surface area contributed by atoms with Crippen molar-refractivity contribution in [3.63, 3.8) is 0 Å². The molecule has 0 saturated heterocycles. The molecular weight excluding hydrogens is 290 g/mol. The number of sulfone groups is 1. The molecule has 0 bridgehead atoms. The number of benzene rings is 2. The van der Waals surface area contributed by atoms with Crippen molar-refractivity contribution in [1.82, 2.24) is 0 Å². The van der Waals surface area contributed by atoms with Crippen molar-refractivity contribution in [2.24, 2.45) is 0 Å². The van der Waals surface area contributed by atoms with Crippen molar-refractivity contribution >= 4 is 27.3 Å². The Balaban J connectivity index is 1.95. The second kappa shape index (κ2) is 4.82. The number of anilines is 1. The highest BCUT2D eigenvalue weighted by atomic mass is 32.2. The Morgan fingerprint density at radius 2 is 1.95 bits per heavy atom. The summed E-state index contributed by atoms with van der Waals surface area (Å²) in [6, 6.07) is 13.1. The Morgan fingerprint density at radius 3 is 2.70 bits per heavy atom. The molecule has 1 heterocycles. The normalized spacial score (nSPS) is 19.8. The molecule has 2 N–H and O–H groups in total. The summed E-state index contributed by atoms with van der Waals surface area (Å²) in [5.74, 6) is 0.167. The van der Waals surface area contributed by atoms with Gasteiger partial charge in [-0.05, 0) is 42.3 Å². The van der Waals surface area contributed by atoms with E-state index < -0.39 is 9.84 Å². The van der Waals surface area contributed by atoms with Crippen molar-refractivity contribution < 1.29 is 8.42 Å². The molecule has 2 aromatic carbocycles. The van der Waals surface area contributed by atoms with Gasteiger partial charge in [-0.15, -0.1) is 11.8 Å². The van der Waals surface area contributed by atoms with Crippen LogP contribution in [0.4, 0.5) is 5.69 Å². The zero-order valence-electron chi connectivity index (χ0n) is 11.0. The van der Waals surface area contributed by atoms with Crippen LogP contribution < -0.4 is 5.73 Å². The predicted molar refractivity (Wildman–Crippen MR) is 82.7 cm³/mol. The number of hydrogen-bond acceptors (Lipinski definition) is 4. The molecule has 3 nitrogen and oxygen atoms in total. The van der Waals surface area contributed by atoms with Gasteiger partial charge in [-0.1, -0.05) is 18.2 Å². The average molecular weight is 305 g/mol. The van der Waals surface area contributed by atoms with Gasteiger partial charge in [0.25, 0.3) is 0 Å². The van der Waals surface area contributed by atoms with E-state index in [4.69, 9.17) is 5.73 Å². The van der Waals surface area contributed by atoms with Crippen LogP contribution in [0.15, 0.2) is 52.3 Å². The number of thioether (sulfide) groups is 1. The largest absolute Gasteiger partial charge is 0.399 e. The van der Waals surface area contributed by atoms with E-state index in [0.717, 1.165) is 21.7 Å². The smallest absolute Gasteiger partial charge is 0.180 e. The highest BCUT2D eigenvalue weighted by Gasteiger charge is 2.34. The van der Waals surface area contributed by atoms with Gasteiger partial charge in [0, 0.05) is 10.6 Å². The minimum absolute atomic E-state index is 0.0424. The molecule has 0 amide bonds. The molecule has 0 saturated carbocycles. The lowest BCUT2D eigenvalue weighted by Crippen LogP contribution is -2.01. The summed E-state index contributed by atoms with van der Waals surface area (Å²) >= 11 is 1.58. The third kappa shape index (κ3) is 2.31. The summed E-state index contributed by atoms with van der Waals surface area (Å²) in [6.07, 6.45) is 0. The van der Waals surface area contributed by atoms with Crippen LogP contribution in [0, 0.1) is 6.92 Å². The second-order valence-electron chi connectivity index (χ2n) is 4.94. The molecule has 0 radical (unpaired) electrons. The van der Waals surface area contributed by atoms with E-state index >= 15 is 0 Å². The fraction of sp³-hybridized carbons (Fsp3) is 0.200. The van der Waals surface area contributed by atoms with Crippen LogP contribution in [0.25, 0.3) is 0 Å². The number of nitrogen functional groups attached to an aromatic ring is 1. The first-order valence-corrected chi connectivity index (χ1v) is 8.85. The summed E-state index contributed by atoms with van der Waals surface area (Å²) in [5.41, 5.74) is 8.50. The SMILES string of the molecule is Cc1cc(SC2CS(=O)(=O)c3ccccc32)ccc1N. The molecule has 1 unspecified atom stereocenters. The third-order valence-corrected chi connectivity index (χ3v) is 6.75. The van der Waals surface area contributed by atoms with E-state index in [2.05, 4.69) is 0 Å². The molecular formula is C15H15NO2S2. The molecule has 0 aromatic heterocycles. The van der Waals surface area contributed by atoms with Gasteiger partial charge in [0.05, 0.1) is 15.9 Å². The maximum Gasteiger partial charge on any atom is 0.180 e. The Labute approximate surface area is 123 Å². The molecule has 0 spiro atoms. The highest BCUT2D eigenvalue weighted by Crippen LogP contribution is 2.45. The van der Waals surface area contributed by atoms with Crippen molar-refractivity contribution in [3.8, 4) is 0 Å². The van der Waals surface area contributed by atoms with Gasteiger partial charge < -0.3 is 5.73 Å². The van der Waals surface area contributed by atoms with Gasteiger partial charge in [-0.25, -0.2) is 8.42 Å². The molecule has 3 rings (SSSR count). The minimum Gasteiger partial charge on any atom is -0.399 e. The van der Waals surface area contributed by atoms with Gasteiger partial charge >= 0.3 is 0 Å². The number of rotatable bonds is 2. The summed E-state index contributed by atoms with van der Waals surface area (Å²) in [7, 11) is -3.14. The van der Waals surface area contributed by atoms with Crippen molar-refractivity contribution in [2.75, 3.05) is 11.5 Å². The van der Waals surface area contributed by atoms with Gasteiger partial charge in [0.2, 0.25) is 0 Å². The number of fused-ring (bicyclic) bond motifs is 1. The van der Waals surface area contributed by atoms with Crippen LogP contribution in [0.3, 0.4) is 0 Å². The quantitative estimate of drug-likeness (QED) is 0.866. The van der Waals surface area contributed by atoms with E-state index in [1.54, 1.807) is 23.9 Å². The lowest BCUT2D eigenvalue weighted by molar-refractivity contribution is 0.600. The molecule has 1 aliphatic heterocycles. The summed E-state index contributed by atoms with van der Waals surface area (Å²) in [5, 5.41) is -0.0424. The molecule has 2 aromatic rings. The fourth-order valence-electron chi connectivity index (χ4n) is 2.39. The number of aryl methyl sites for hydroxylation is 1. The van der Waals surface area contributed by atoms with Crippen LogP contribution >= 0.6 is 11.8 Å². The van der Waals surface area contributed by atoms with Gasteiger partial charge in [-0.2, -0.15) is 0 Å². The minimum atomic E-state index is -3.14. The van der Waals surface area contributed by atoms with Crippen LogP contribution in [0.5, 0.6) is 0 Å². The lowest BCUT2D eigenvalue weighted by atomic mass is 10.2. The molecule has 0 aliphatic carbocycles. The molecule has 5 heteroatoms. The highest BCUT2D eigenvalue weighted by molar-refractivity contribution is 8.01. The monoisotopic (exact) mass is 305 g/mol. The van der Waals surface area contributed by atoms with E-state index in [1.165, 1.54) is 0 Å². The van der Waals surface area contributed by atoms with Crippen molar-refractivity contribution in [1.29, 1.82) is 0 Å². The first-order valence-electron chi connectivity index (χ1n) is 6.32. The van der Waals surface area contributed by atoms with Crippen LogP contribution in [-0.2, 0) is 9.84 Å². The summed E-state index contributed by atoms with van der Waals surface area (Å²) in [4.78, 5) is 1.53. The van der Waals surface area contributed by atoms with Crippen LogP contribution in [0.1, 0.15) is 16.4 Å². The van der Waals surface area contributed by atoms with E-state index in [1.807, 2.05) is 37.3 Å². The Morgan fingerprint density at radius 1 is 1.20 bits per heavy atom. The van der Waals surface area contributed by atoms with Gasteiger partial charge in [-0.3, -0.25) is 0 Å². The Kier molecular flexibility index (Phi) is 3.26. The van der Waals surface area contributed by atoms with Crippen molar-refractivity contribution in [3.05, 3.63) is 53.6 Å². The Hall–Kier alpha value is -1.46. The lowest BCUT2D eigenvalue weighted by Gasteiger charge is -2.11. The fourth-order valence-corrected chi connectivity index (χ4v) is 5.94. The van der Waals surface area contributed by atoms with E-state index in [9.17, 15) is 8.42 Å². The summed E-state index contributed by atoms with van der Waals surface area (Å²) < 4.78 is 24.3. The molecule has 1 aliphatic rings. The number of hydrogen-bond donors (Lipinski definition) is 1. The predicted octanol–water partition coefficient (Wildman–Crippen LogP) is 3.20. The maximum atomic E-state index is 12.1. The average Bonchev–Trinajstić information content (AvgIpc) is 2.66. The van der Waals surface area contributed by atoms with Crippen molar-refractivity contribution in [2.45, 2.75) is 22.0 Å². The molecule has 1 atom stereocenters. The first-order chi connectivity index (χ1) is 9.47. The van der Waals surface area contributed by atoms with Crippen LogP contribution in [0.2, 0.25) is 0 Å². The zero-order valence-corrected chi connectivity index (χ0v) is 12.7. The second-order valence-corrected chi connectivity index (χ2v) is 8.22. The third-order valence-electron chi connectivity index (χ3n) is 3.49. The molecule has 20 heavy (non-hydrogen) atoms. The summed E-state index contributed by atoms with van der Waals surface area (Å²) in [6.45, 7) is 1.96. The molecule has 104 valence electrons. The maximum absolute atomic E-state index is 12.1. The molecule has 0 fully saturated rings.